The van der Waals surface area contributed by atoms with Crippen LogP contribution in [0.15, 0.2) is 18.3 Å². The number of nitrogens with one attached hydrogen (secondary N) is 1. The van der Waals surface area contributed by atoms with Crippen LogP contribution < -0.4 is 5.32 Å². The van der Waals surface area contributed by atoms with E-state index in [1.54, 1.807) is 0 Å². The van der Waals surface area contributed by atoms with E-state index < -0.39 is 0 Å². The van der Waals surface area contributed by atoms with Crippen LogP contribution in [0, 0.1) is 0 Å². The highest BCUT2D eigenvalue weighted by molar-refractivity contribution is 5.36. The van der Waals surface area contributed by atoms with Crippen LogP contribution in [0.1, 0.15) is 44.6 Å². The predicted molar refractivity (Wildman–Crippen MR) is 77.1 cm³/mol. The Morgan fingerprint density at radius 2 is 2.00 bits per heavy atom. The molecular formula is C15H25N3. The Hall–Kier alpha value is -1.09. The van der Waals surface area contributed by atoms with Crippen LogP contribution in [0.2, 0.25) is 0 Å². The second-order valence-electron chi connectivity index (χ2n) is 5.46. The zero-order valence-corrected chi connectivity index (χ0v) is 11.7. The van der Waals surface area contributed by atoms with Crippen LogP contribution in [0.4, 0.5) is 5.82 Å². The monoisotopic (exact) mass is 247 g/mol. The van der Waals surface area contributed by atoms with Gasteiger partial charge in [-0.1, -0.05) is 26.3 Å². The molecule has 0 bridgehead atoms. The first kappa shape index (κ1) is 13.3. The molecule has 0 radical (unpaired) electrons. The van der Waals surface area contributed by atoms with E-state index in [4.69, 9.17) is 0 Å². The third-order valence-electron chi connectivity index (χ3n) is 3.64. The normalized spacial score (nSPS) is 17.1. The second-order valence-corrected chi connectivity index (χ2v) is 5.46. The van der Waals surface area contributed by atoms with Crippen LogP contribution in [-0.2, 0) is 0 Å². The van der Waals surface area contributed by atoms with Crippen molar-refractivity contribution in [3.05, 3.63) is 23.9 Å². The zero-order chi connectivity index (χ0) is 12.8. The third kappa shape index (κ3) is 3.98. The summed E-state index contributed by atoms with van der Waals surface area (Å²) in [4.78, 5) is 6.99. The topological polar surface area (TPSA) is 28.2 Å². The van der Waals surface area contributed by atoms with Gasteiger partial charge in [-0.05, 0) is 43.5 Å². The van der Waals surface area contributed by atoms with Crippen molar-refractivity contribution < 1.29 is 0 Å². The molecule has 0 amide bonds. The van der Waals surface area contributed by atoms with Gasteiger partial charge in [0.2, 0.25) is 0 Å². The van der Waals surface area contributed by atoms with E-state index in [1.807, 2.05) is 6.20 Å². The molecule has 0 aromatic carbocycles. The van der Waals surface area contributed by atoms with Crippen LogP contribution in [0.25, 0.3) is 0 Å². The highest BCUT2D eigenvalue weighted by Gasteiger charge is 2.08. The minimum Gasteiger partial charge on any atom is -0.369 e. The molecule has 0 atom stereocenters. The van der Waals surface area contributed by atoms with E-state index in [-0.39, 0.29) is 0 Å². The van der Waals surface area contributed by atoms with E-state index in [2.05, 4.69) is 41.2 Å². The van der Waals surface area contributed by atoms with Gasteiger partial charge in [-0.2, -0.15) is 0 Å². The molecular weight excluding hydrogens is 222 g/mol. The fourth-order valence-electron chi connectivity index (χ4n) is 2.38. The average Bonchev–Trinajstić information content (AvgIpc) is 2.40. The molecule has 1 aliphatic heterocycles. The molecule has 1 aromatic heterocycles. The molecule has 3 nitrogen and oxygen atoms in total. The van der Waals surface area contributed by atoms with Crippen LogP contribution in [0.3, 0.4) is 0 Å². The lowest BCUT2D eigenvalue weighted by atomic mass is 10.1. The number of likely N-dealkylation sites (tertiary alicyclic amines) is 1. The standard InChI is InChI=1S/C15H25N3/c1-13(2)14-6-7-15(17-12-14)16-8-11-18-9-4-3-5-10-18/h6-7,12-13H,3-5,8-11H2,1-2H3,(H,16,17). The summed E-state index contributed by atoms with van der Waals surface area (Å²) in [6.07, 6.45) is 6.11. The number of hydrogen-bond donors (Lipinski definition) is 1. The molecule has 3 heteroatoms. The van der Waals surface area contributed by atoms with E-state index in [9.17, 15) is 0 Å². The van der Waals surface area contributed by atoms with E-state index >= 15 is 0 Å². The van der Waals surface area contributed by atoms with Gasteiger partial charge < -0.3 is 10.2 Å². The third-order valence-corrected chi connectivity index (χ3v) is 3.64. The summed E-state index contributed by atoms with van der Waals surface area (Å²) >= 11 is 0. The highest BCUT2D eigenvalue weighted by atomic mass is 15.1. The maximum atomic E-state index is 4.45. The van der Waals surface area contributed by atoms with Gasteiger partial charge in [-0.3, -0.25) is 0 Å². The van der Waals surface area contributed by atoms with Crippen molar-refractivity contribution in [2.75, 3.05) is 31.5 Å². The largest absolute Gasteiger partial charge is 0.369 e. The van der Waals surface area contributed by atoms with Crippen LogP contribution in [-0.4, -0.2) is 36.1 Å². The number of anilines is 1. The number of piperidine rings is 1. The number of pyridine rings is 1. The molecule has 0 unspecified atom stereocenters. The second kappa shape index (κ2) is 6.74. The summed E-state index contributed by atoms with van der Waals surface area (Å²) in [5.41, 5.74) is 1.30. The Kier molecular flexibility index (Phi) is 5.00. The van der Waals surface area contributed by atoms with Crippen molar-refractivity contribution in [3.8, 4) is 0 Å². The van der Waals surface area contributed by atoms with Gasteiger partial charge in [-0.15, -0.1) is 0 Å². The van der Waals surface area contributed by atoms with Crippen molar-refractivity contribution >= 4 is 5.82 Å². The molecule has 1 saturated heterocycles. The maximum absolute atomic E-state index is 4.45. The molecule has 0 spiro atoms. The summed E-state index contributed by atoms with van der Waals surface area (Å²) in [7, 11) is 0. The lowest BCUT2D eigenvalue weighted by Gasteiger charge is -2.26. The van der Waals surface area contributed by atoms with Gasteiger partial charge in [-0.25, -0.2) is 4.98 Å². The molecule has 1 aliphatic rings. The van der Waals surface area contributed by atoms with Gasteiger partial charge in [0.05, 0.1) is 0 Å². The van der Waals surface area contributed by atoms with Gasteiger partial charge in [0, 0.05) is 19.3 Å². The molecule has 0 aliphatic carbocycles. The fraction of sp³-hybridized carbons (Fsp3) is 0.667. The van der Waals surface area contributed by atoms with E-state index in [0.717, 1.165) is 18.9 Å². The first-order valence-corrected chi connectivity index (χ1v) is 7.18. The smallest absolute Gasteiger partial charge is 0.125 e. The molecule has 1 N–H and O–H groups in total. The first-order valence-electron chi connectivity index (χ1n) is 7.18. The van der Waals surface area contributed by atoms with E-state index in [0.29, 0.717) is 5.92 Å². The summed E-state index contributed by atoms with van der Waals surface area (Å²) in [5, 5.41) is 3.41. The van der Waals surface area contributed by atoms with E-state index in [1.165, 1.54) is 37.9 Å². The Balaban J connectivity index is 1.72. The minimum absolute atomic E-state index is 0.555. The number of nitrogens with zero attached hydrogens (tertiary/aromatic N) is 2. The SMILES string of the molecule is CC(C)c1ccc(NCCN2CCCCC2)nc1. The van der Waals surface area contributed by atoms with Gasteiger partial charge >= 0.3 is 0 Å². The van der Waals surface area contributed by atoms with Crippen molar-refractivity contribution in [2.45, 2.75) is 39.0 Å². The average molecular weight is 247 g/mol. The lowest BCUT2D eigenvalue weighted by molar-refractivity contribution is 0.237. The van der Waals surface area contributed by atoms with Crippen molar-refractivity contribution in [1.29, 1.82) is 0 Å². The molecule has 1 fully saturated rings. The lowest BCUT2D eigenvalue weighted by Crippen LogP contribution is -2.33. The van der Waals surface area contributed by atoms with Crippen molar-refractivity contribution in [2.24, 2.45) is 0 Å². The van der Waals surface area contributed by atoms with Crippen molar-refractivity contribution in [3.63, 3.8) is 0 Å². The summed E-state index contributed by atoms with van der Waals surface area (Å²) in [5.74, 6) is 1.55. The van der Waals surface area contributed by atoms with Crippen molar-refractivity contribution in [1.82, 2.24) is 9.88 Å². The Morgan fingerprint density at radius 1 is 1.22 bits per heavy atom. The molecule has 100 valence electrons. The summed E-state index contributed by atoms with van der Waals surface area (Å²) < 4.78 is 0. The molecule has 2 rings (SSSR count). The zero-order valence-electron chi connectivity index (χ0n) is 11.7. The summed E-state index contributed by atoms with van der Waals surface area (Å²) in [6.45, 7) is 9.05. The maximum Gasteiger partial charge on any atom is 0.125 e. The predicted octanol–water partition coefficient (Wildman–Crippen LogP) is 3.10. The van der Waals surface area contributed by atoms with Crippen LogP contribution >= 0.6 is 0 Å². The van der Waals surface area contributed by atoms with Gasteiger partial charge in [0.25, 0.3) is 0 Å². The summed E-state index contributed by atoms with van der Waals surface area (Å²) in [6, 6.07) is 4.26. The number of aromatic nitrogens is 1. The molecule has 1 aromatic rings. The van der Waals surface area contributed by atoms with Gasteiger partial charge in [0.15, 0.2) is 0 Å². The number of rotatable bonds is 5. The Morgan fingerprint density at radius 3 is 2.61 bits per heavy atom. The quantitative estimate of drug-likeness (QED) is 0.866. The molecule has 2 heterocycles. The minimum atomic E-state index is 0.555. The highest BCUT2D eigenvalue weighted by Crippen LogP contribution is 2.14. The fourth-order valence-corrected chi connectivity index (χ4v) is 2.38. The Labute approximate surface area is 111 Å². The first-order chi connectivity index (χ1) is 8.75. The number of hydrogen-bond acceptors (Lipinski definition) is 3. The molecule has 0 saturated carbocycles. The van der Waals surface area contributed by atoms with Gasteiger partial charge in [0.1, 0.15) is 5.82 Å². The Bertz CT molecular complexity index is 339. The van der Waals surface area contributed by atoms with Crippen LogP contribution in [0.5, 0.6) is 0 Å². The molecule has 18 heavy (non-hydrogen) atoms.